The molecule has 0 aliphatic heterocycles. The third-order valence-corrected chi connectivity index (χ3v) is 12.2. The highest BCUT2D eigenvalue weighted by Crippen LogP contribution is 2.45. The topological polar surface area (TPSA) is 91.6 Å². The van der Waals surface area contributed by atoms with E-state index in [0.717, 1.165) is 66.1 Å². The van der Waals surface area contributed by atoms with Crippen LogP contribution < -0.4 is 0 Å². The molecule has 4 heterocycles. The molecule has 4 aromatic heterocycles. The first-order valence-corrected chi connectivity index (χ1v) is 21.6. The zero-order chi connectivity index (χ0) is 46.3. The fourth-order valence-electron chi connectivity index (χ4n) is 9.50. The largest absolute Gasteiger partial charge is 0.416 e. The fourth-order valence-corrected chi connectivity index (χ4v) is 9.50. The van der Waals surface area contributed by atoms with Crippen molar-refractivity contribution in [3.8, 4) is 56.4 Å². The zero-order valence-electron chi connectivity index (χ0n) is 36.9. The van der Waals surface area contributed by atoms with Crippen molar-refractivity contribution in [2.24, 2.45) is 0 Å². The monoisotopic (exact) mass is 881 g/mol. The lowest BCUT2D eigenvalue weighted by atomic mass is 9.90. The van der Waals surface area contributed by atoms with Crippen LogP contribution in [0.1, 0.15) is 34.4 Å². The minimum atomic E-state index is -4.57. The van der Waals surface area contributed by atoms with Crippen LogP contribution in [-0.4, -0.2) is 39.0 Å². The van der Waals surface area contributed by atoms with Crippen LogP contribution in [0.25, 0.3) is 105 Å². The highest BCUT2D eigenvalue weighted by atomic mass is 19.4. The number of para-hydroxylation sites is 2. The predicted octanol–water partition coefficient (Wildman–Crippen LogP) is 14.0. The normalized spacial score (nSPS) is 11.9. The number of nitrogens with zero attached hydrogens (tertiary/aromatic N) is 9. The summed E-state index contributed by atoms with van der Waals surface area (Å²) < 4.78 is 48.1. The second-order valence-electron chi connectivity index (χ2n) is 16.8. The van der Waals surface area contributed by atoms with Gasteiger partial charge in [-0.1, -0.05) is 54.6 Å². The molecule has 324 valence electrons. The maximum Gasteiger partial charge on any atom is 0.416 e. The van der Waals surface area contributed by atoms with Gasteiger partial charge in [0.1, 0.15) is 23.3 Å². The van der Waals surface area contributed by atoms with Gasteiger partial charge in [0.05, 0.1) is 39.9 Å². The van der Waals surface area contributed by atoms with Gasteiger partial charge < -0.3 is 9.13 Å². The summed E-state index contributed by atoms with van der Waals surface area (Å²) >= 11 is 0. The molecule has 0 saturated carbocycles. The minimum absolute atomic E-state index is 0.382. The van der Waals surface area contributed by atoms with Crippen LogP contribution in [0.15, 0.2) is 140 Å². The van der Waals surface area contributed by atoms with E-state index in [2.05, 4.69) is 86.3 Å². The van der Waals surface area contributed by atoms with E-state index in [1.165, 1.54) is 12.1 Å². The molecule has 12 heteroatoms. The molecule has 0 aliphatic carbocycles. The molecule has 11 rings (SSSR count). The highest BCUT2D eigenvalue weighted by molar-refractivity contribution is 6.12. The summed E-state index contributed by atoms with van der Waals surface area (Å²) in [5, 5.41) is 3.92. The number of rotatable bonds is 6. The fraction of sp³-hybridized carbons (Fsp3) is 0.109. The Hall–Kier alpha value is -8.56. The molecule has 0 radical (unpaired) electrons. The van der Waals surface area contributed by atoms with Gasteiger partial charge in [-0.15, -0.1) is 0 Å². The highest BCUT2D eigenvalue weighted by Gasteiger charge is 2.31. The molecule has 0 fully saturated rings. The molecule has 9 nitrogen and oxygen atoms in total. The number of halogens is 3. The molecule has 0 bridgehead atoms. The molecule has 11 aromatic rings. The van der Waals surface area contributed by atoms with Crippen molar-refractivity contribution in [1.82, 2.24) is 39.0 Å². The van der Waals surface area contributed by atoms with Gasteiger partial charge in [-0.05, 0) is 147 Å². The van der Waals surface area contributed by atoms with Gasteiger partial charge in [-0.25, -0.2) is 34.7 Å². The molecule has 0 unspecified atom stereocenters. The van der Waals surface area contributed by atoms with Gasteiger partial charge in [-0.3, -0.25) is 0 Å². The van der Waals surface area contributed by atoms with Crippen molar-refractivity contribution >= 4 is 49.3 Å². The zero-order valence-corrected chi connectivity index (χ0v) is 36.9. The number of aromatic nitrogens is 8. The van der Waals surface area contributed by atoms with Crippen molar-refractivity contribution in [3.05, 3.63) is 185 Å². The van der Waals surface area contributed by atoms with Gasteiger partial charge in [0.2, 0.25) is 0 Å². The number of hydrogen-bond donors (Lipinski definition) is 0. The van der Waals surface area contributed by atoms with E-state index in [9.17, 15) is 13.2 Å². The number of fused-ring (bicyclic) bond motifs is 6. The lowest BCUT2D eigenvalue weighted by molar-refractivity contribution is -0.137. The SMILES string of the molecule is [C-]#[N+]c1ccc(-n2c3ccccc3c3cc(-c4nc(C)nc(C)n4)ccc32)c(-c2cc(-n3c4ccccc4c4cc(-c5nc(C)nc(C)n5)ccc43)ccc2-c2cc(C)cc(C(F)(F)F)c2)c1. The van der Waals surface area contributed by atoms with E-state index < -0.39 is 11.7 Å². The summed E-state index contributed by atoms with van der Waals surface area (Å²) in [7, 11) is 0. The van der Waals surface area contributed by atoms with E-state index in [1.54, 1.807) is 19.1 Å². The summed E-state index contributed by atoms with van der Waals surface area (Å²) in [5.41, 5.74) is 9.25. The molecule has 7 aromatic carbocycles. The average molecular weight is 882 g/mol. The number of alkyl halides is 3. The second kappa shape index (κ2) is 15.6. The summed E-state index contributed by atoms with van der Waals surface area (Å²) in [4.78, 5) is 31.2. The Bertz CT molecular complexity index is 3850. The maximum atomic E-state index is 14.6. The molecule has 0 N–H and O–H groups in total. The number of aryl methyl sites for hydroxylation is 5. The minimum Gasteiger partial charge on any atom is -0.309 e. The van der Waals surface area contributed by atoms with Crippen LogP contribution in [-0.2, 0) is 6.18 Å². The Labute approximate surface area is 382 Å². The molecule has 67 heavy (non-hydrogen) atoms. The van der Waals surface area contributed by atoms with Crippen LogP contribution in [0.3, 0.4) is 0 Å². The third kappa shape index (κ3) is 7.12. The Kier molecular flexibility index (Phi) is 9.56. The first-order valence-electron chi connectivity index (χ1n) is 21.6. The molecular weight excluding hydrogens is 844 g/mol. The Morgan fingerprint density at radius 1 is 0.448 bits per heavy atom. The number of hydrogen-bond acceptors (Lipinski definition) is 6. The molecule has 0 saturated heterocycles. The second-order valence-corrected chi connectivity index (χ2v) is 16.8. The van der Waals surface area contributed by atoms with Crippen molar-refractivity contribution < 1.29 is 13.2 Å². The molecule has 0 aliphatic rings. The van der Waals surface area contributed by atoms with Gasteiger partial charge in [-0.2, -0.15) is 13.2 Å². The van der Waals surface area contributed by atoms with Crippen molar-refractivity contribution in [1.29, 1.82) is 0 Å². The lowest BCUT2D eigenvalue weighted by Gasteiger charge is -2.20. The summed E-state index contributed by atoms with van der Waals surface area (Å²) in [5.74, 6) is 3.66. The smallest absolute Gasteiger partial charge is 0.309 e. The van der Waals surface area contributed by atoms with E-state index in [4.69, 9.17) is 6.57 Å². The van der Waals surface area contributed by atoms with E-state index in [0.29, 0.717) is 68.5 Å². The van der Waals surface area contributed by atoms with Crippen molar-refractivity contribution in [2.75, 3.05) is 0 Å². The van der Waals surface area contributed by atoms with Crippen molar-refractivity contribution in [2.45, 2.75) is 40.8 Å². The lowest BCUT2D eigenvalue weighted by Crippen LogP contribution is -2.06. The van der Waals surface area contributed by atoms with Crippen LogP contribution in [0.4, 0.5) is 18.9 Å². The van der Waals surface area contributed by atoms with Crippen LogP contribution in [0.2, 0.25) is 0 Å². The van der Waals surface area contributed by atoms with Crippen LogP contribution >= 0.6 is 0 Å². The molecule has 0 spiro atoms. The average Bonchev–Trinajstić information content (AvgIpc) is 3.82. The van der Waals surface area contributed by atoms with Crippen LogP contribution in [0.5, 0.6) is 0 Å². The molecule has 0 atom stereocenters. The summed E-state index contributed by atoms with van der Waals surface area (Å²) in [6.07, 6.45) is -4.57. The quantitative estimate of drug-likeness (QED) is 0.155. The standard InChI is InChI=1S/C55H38F3N9/c1-30-23-37(25-38(24-30)55(56,57)58)41-19-18-40(66-48-13-9-7-11-42(48)45-26-35(15-20-50(45)66)53-62-31(2)60-32(3)63-53)29-44(41)47-28-39(59-6)17-22-52(47)67-49-14-10-8-12-43(49)46-27-36(16-21-51(46)67)54-64-33(4)61-34(5)65-54/h7-29H,1-5H3. The van der Waals surface area contributed by atoms with Gasteiger partial charge in [0, 0.05) is 38.4 Å². The van der Waals surface area contributed by atoms with Crippen molar-refractivity contribution in [3.63, 3.8) is 0 Å². The first kappa shape index (κ1) is 41.2. The predicted molar refractivity (Wildman–Crippen MR) is 259 cm³/mol. The maximum absolute atomic E-state index is 14.6. The van der Waals surface area contributed by atoms with E-state index in [-0.39, 0.29) is 0 Å². The first-order chi connectivity index (χ1) is 32.3. The van der Waals surface area contributed by atoms with Gasteiger partial charge in [0.25, 0.3) is 0 Å². The molecular formula is C55H38F3N9. The van der Waals surface area contributed by atoms with E-state index >= 15 is 0 Å². The van der Waals surface area contributed by atoms with E-state index in [1.807, 2.05) is 100 Å². The van der Waals surface area contributed by atoms with Gasteiger partial charge >= 0.3 is 6.18 Å². The Morgan fingerprint density at radius 2 is 0.985 bits per heavy atom. The number of benzene rings is 7. The summed E-state index contributed by atoms with van der Waals surface area (Å²) in [6, 6.07) is 44.1. The Morgan fingerprint density at radius 3 is 1.55 bits per heavy atom. The molecule has 0 amide bonds. The van der Waals surface area contributed by atoms with Crippen LogP contribution in [0, 0.1) is 41.2 Å². The Balaban J connectivity index is 1.20. The third-order valence-electron chi connectivity index (χ3n) is 12.2. The summed E-state index contributed by atoms with van der Waals surface area (Å²) in [6.45, 7) is 17.3. The van der Waals surface area contributed by atoms with Gasteiger partial charge in [0.15, 0.2) is 17.3 Å².